The number of ether oxygens (including phenoxy) is 2. The summed E-state index contributed by atoms with van der Waals surface area (Å²) in [6, 6.07) is 4.78. The minimum atomic E-state index is -3.55. The summed E-state index contributed by atoms with van der Waals surface area (Å²) in [6.45, 7) is 0. The highest BCUT2D eigenvalue weighted by atomic mass is 35.5. The Labute approximate surface area is 99.4 Å². The molecule has 0 aliphatic heterocycles. The lowest BCUT2D eigenvalue weighted by molar-refractivity contribution is 0.405. The number of hydrogen-bond donors (Lipinski definition) is 1. The second kappa shape index (κ2) is 5.27. The molecule has 0 spiro atoms. The standard InChI is InChI=1S/C9H12ClNO4S/c1-14-7-3-4-9(15-2)8(5-7)11-16(12,13)6-10/h3-5,11H,6H2,1-2H3. The average molecular weight is 266 g/mol. The Kier molecular flexibility index (Phi) is 4.26. The first-order valence-corrected chi connectivity index (χ1v) is 6.49. The zero-order valence-corrected chi connectivity index (χ0v) is 10.4. The fraction of sp³-hybridized carbons (Fsp3) is 0.333. The van der Waals surface area contributed by atoms with Gasteiger partial charge in [0.1, 0.15) is 16.7 Å². The summed E-state index contributed by atoms with van der Waals surface area (Å²) in [5.74, 6) is 0.919. The van der Waals surface area contributed by atoms with Gasteiger partial charge in [-0.25, -0.2) is 8.42 Å². The number of benzene rings is 1. The summed E-state index contributed by atoms with van der Waals surface area (Å²) in [4.78, 5) is 0. The van der Waals surface area contributed by atoms with Crippen molar-refractivity contribution in [1.82, 2.24) is 0 Å². The van der Waals surface area contributed by atoms with Crippen LogP contribution in [0.2, 0.25) is 0 Å². The summed E-state index contributed by atoms with van der Waals surface area (Å²) in [7, 11) is -0.618. The third-order valence-corrected chi connectivity index (χ3v) is 3.50. The molecule has 0 atom stereocenters. The number of halogens is 1. The average Bonchev–Trinajstić information content (AvgIpc) is 2.28. The van der Waals surface area contributed by atoms with Crippen molar-refractivity contribution in [3.63, 3.8) is 0 Å². The van der Waals surface area contributed by atoms with E-state index in [2.05, 4.69) is 4.72 Å². The molecule has 5 nitrogen and oxygen atoms in total. The highest BCUT2D eigenvalue weighted by Crippen LogP contribution is 2.29. The van der Waals surface area contributed by atoms with Gasteiger partial charge in [0, 0.05) is 6.07 Å². The number of alkyl halides is 1. The first-order chi connectivity index (χ1) is 7.52. The molecule has 1 aromatic carbocycles. The predicted molar refractivity (Wildman–Crippen MR) is 62.8 cm³/mol. The van der Waals surface area contributed by atoms with Gasteiger partial charge in [-0.2, -0.15) is 0 Å². The van der Waals surface area contributed by atoms with Gasteiger partial charge >= 0.3 is 0 Å². The van der Waals surface area contributed by atoms with Crippen molar-refractivity contribution >= 4 is 27.3 Å². The molecule has 1 N–H and O–H groups in total. The van der Waals surface area contributed by atoms with E-state index < -0.39 is 15.2 Å². The zero-order chi connectivity index (χ0) is 12.2. The van der Waals surface area contributed by atoms with E-state index in [1.54, 1.807) is 12.1 Å². The molecule has 0 amide bonds. The summed E-state index contributed by atoms with van der Waals surface area (Å²) < 4.78 is 34.9. The molecule has 90 valence electrons. The van der Waals surface area contributed by atoms with E-state index in [0.29, 0.717) is 17.2 Å². The summed E-state index contributed by atoms with van der Waals surface area (Å²) >= 11 is 5.29. The quantitative estimate of drug-likeness (QED) is 0.822. The lowest BCUT2D eigenvalue weighted by atomic mass is 10.3. The van der Waals surface area contributed by atoms with Crippen LogP contribution >= 0.6 is 11.6 Å². The van der Waals surface area contributed by atoms with Gasteiger partial charge in [0.2, 0.25) is 10.0 Å². The van der Waals surface area contributed by atoms with E-state index >= 15 is 0 Å². The second-order valence-corrected chi connectivity index (χ2v) is 5.20. The Morgan fingerprint density at radius 1 is 1.31 bits per heavy atom. The topological polar surface area (TPSA) is 64.6 Å². The van der Waals surface area contributed by atoms with Crippen LogP contribution in [-0.2, 0) is 10.0 Å². The predicted octanol–water partition coefficient (Wildman–Crippen LogP) is 1.64. The van der Waals surface area contributed by atoms with Crippen LogP contribution in [0.15, 0.2) is 18.2 Å². The maximum absolute atomic E-state index is 11.3. The summed E-state index contributed by atoms with van der Waals surface area (Å²) in [6.07, 6.45) is 0. The highest BCUT2D eigenvalue weighted by molar-refractivity contribution is 7.93. The van der Waals surface area contributed by atoms with Gasteiger partial charge < -0.3 is 9.47 Å². The minimum absolute atomic E-state index is 0.294. The minimum Gasteiger partial charge on any atom is -0.497 e. The number of rotatable bonds is 5. The third kappa shape index (κ3) is 3.18. The first kappa shape index (κ1) is 12.9. The van der Waals surface area contributed by atoms with Crippen molar-refractivity contribution in [2.45, 2.75) is 0 Å². The molecule has 0 heterocycles. The largest absolute Gasteiger partial charge is 0.497 e. The first-order valence-electron chi connectivity index (χ1n) is 4.31. The van der Waals surface area contributed by atoms with Crippen molar-refractivity contribution < 1.29 is 17.9 Å². The van der Waals surface area contributed by atoms with Crippen LogP contribution < -0.4 is 14.2 Å². The number of nitrogens with one attached hydrogen (secondary N) is 1. The van der Waals surface area contributed by atoms with Gasteiger partial charge in [0.05, 0.1) is 19.9 Å². The molecule has 0 aromatic heterocycles. The summed E-state index contributed by atoms with van der Waals surface area (Å²) in [5, 5.41) is -0.520. The van der Waals surface area contributed by atoms with E-state index in [-0.39, 0.29) is 0 Å². The molecule has 0 aliphatic carbocycles. The van der Waals surface area contributed by atoms with Gasteiger partial charge in [-0.1, -0.05) is 0 Å². The maximum Gasteiger partial charge on any atom is 0.246 e. The Morgan fingerprint density at radius 2 is 2.00 bits per heavy atom. The molecule has 1 rings (SSSR count). The zero-order valence-electron chi connectivity index (χ0n) is 8.86. The Hall–Kier alpha value is -1.14. The molecule has 16 heavy (non-hydrogen) atoms. The van der Waals surface area contributed by atoms with Crippen molar-refractivity contribution in [3.05, 3.63) is 18.2 Å². The van der Waals surface area contributed by atoms with Crippen LogP contribution in [0.4, 0.5) is 5.69 Å². The van der Waals surface area contributed by atoms with Gasteiger partial charge in [0.25, 0.3) is 0 Å². The molecule has 0 saturated heterocycles. The van der Waals surface area contributed by atoms with Crippen molar-refractivity contribution in [1.29, 1.82) is 0 Å². The molecular weight excluding hydrogens is 254 g/mol. The van der Waals surface area contributed by atoms with E-state index in [1.165, 1.54) is 20.3 Å². The van der Waals surface area contributed by atoms with Gasteiger partial charge in [-0.05, 0) is 12.1 Å². The van der Waals surface area contributed by atoms with Crippen LogP contribution in [-0.4, -0.2) is 27.8 Å². The maximum atomic E-state index is 11.3. The molecule has 0 radical (unpaired) electrons. The molecular formula is C9H12ClNO4S. The lowest BCUT2D eigenvalue weighted by Crippen LogP contribution is -2.14. The van der Waals surface area contributed by atoms with Crippen molar-refractivity contribution in [2.75, 3.05) is 24.2 Å². The molecule has 0 unspecified atom stereocenters. The molecule has 0 bridgehead atoms. The third-order valence-electron chi connectivity index (χ3n) is 1.82. The van der Waals surface area contributed by atoms with Crippen LogP contribution in [0.1, 0.15) is 0 Å². The molecule has 7 heteroatoms. The SMILES string of the molecule is COc1ccc(OC)c(NS(=O)(=O)CCl)c1. The molecule has 1 aromatic rings. The molecule has 0 fully saturated rings. The van der Waals surface area contributed by atoms with Crippen LogP contribution in [0.25, 0.3) is 0 Å². The summed E-state index contributed by atoms with van der Waals surface area (Å²) in [5.41, 5.74) is 0.294. The van der Waals surface area contributed by atoms with E-state index in [1.807, 2.05) is 0 Å². The fourth-order valence-electron chi connectivity index (χ4n) is 1.09. The Balaban J connectivity index is 3.10. The van der Waals surface area contributed by atoms with E-state index in [4.69, 9.17) is 21.1 Å². The van der Waals surface area contributed by atoms with Crippen molar-refractivity contribution in [3.8, 4) is 11.5 Å². The number of methoxy groups -OCH3 is 2. The van der Waals surface area contributed by atoms with Crippen LogP contribution in [0.3, 0.4) is 0 Å². The number of sulfonamides is 1. The Morgan fingerprint density at radius 3 is 2.50 bits per heavy atom. The smallest absolute Gasteiger partial charge is 0.246 e. The molecule has 0 aliphatic rings. The fourth-order valence-corrected chi connectivity index (χ4v) is 1.80. The van der Waals surface area contributed by atoms with Crippen LogP contribution in [0, 0.1) is 0 Å². The highest BCUT2D eigenvalue weighted by Gasteiger charge is 2.12. The number of anilines is 1. The Bertz CT molecular complexity index is 461. The lowest BCUT2D eigenvalue weighted by Gasteiger charge is -2.11. The second-order valence-electron chi connectivity index (χ2n) is 2.89. The normalized spacial score (nSPS) is 10.9. The van der Waals surface area contributed by atoms with Crippen molar-refractivity contribution in [2.24, 2.45) is 0 Å². The van der Waals surface area contributed by atoms with E-state index in [0.717, 1.165) is 0 Å². The van der Waals surface area contributed by atoms with Gasteiger partial charge in [0.15, 0.2) is 0 Å². The monoisotopic (exact) mass is 265 g/mol. The van der Waals surface area contributed by atoms with Crippen LogP contribution in [0.5, 0.6) is 11.5 Å². The van der Waals surface area contributed by atoms with Gasteiger partial charge in [-0.3, -0.25) is 4.72 Å². The van der Waals surface area contributed by atoms with Gasteiger partial charge in [-0.15, -0.1) is 11.6 Å². The molecule has 0 saturated carbocycles. The number of hydrogen-bond acceptors (Lipinski definition) is 4. The van der Waals surface area contributed by atoms with E-state index in [9.17, 15) is 8.42 Å².